The van der Waals surface area contributed by atoms with Gasteiger partial charge in [0.15, 0.2) is 0 Å². The topological polar surface area (TPSA) is 93.9 Å². The predicted octanol–water partition coefficient (Wildman–Crippen LogP) is 3.55. The molecule has 8 nitrogen and oxygen atoms in total. The van der Waals surface area contributed by atoms with E-state index in [4.69, 9.17) is 9.47 Å². The number of likely N-dealkylation sites (tertiary alicyclic amines) is 1. The minimum atomic E-state index is -0.919. The fourth-order valence-corrected chi connectivity index (χ4v) is 4.09. The van der Waals surface area contributed by atoms with Gasteiger partial charge in [-0.15, -0.1) is 0 Å². The Bertz CT molecular complexity index is 1220. The monoisotopic (exact) mass is 465 g/mol. The molecule has 0 bridgehead atoms. The van der Waals surface area contributed by atoms with Crippen LogP contribution in [0, 0.1) is 5.82 Å². The number of ether oxygens (including phenoxy) is 2. The van der Waals surface area contributed by atoms with E-state index >= 15 is 0 Å². The smallest absolute Gasteiger partial charge is 0.295 e. The molecule has 0 unspecified atom stereocenters. The summed E-state index contributed by atoms with van der Waals surface area (Å²) in [6, 6.07) is 9.21. The second-order valence-corrected chi connectivity index (χ2v) is 7.76. The summed E-state index contributed by atoms with van der Waals surface area (Å²) in [4.78, 5) is 31.7. The Hall–Kier alpha value is -4.14. The van der Waals surface area contributed by atoms with Crippen molar-refractivity contribution >= 4 is 17.4 Å². The lowest BCUT2D eigenvalue weighted by Gasteiger charge is -2.27. The van der Waals surface area contributed by atoms with Gasteiger partial charge in [0, 0.05) is 36.6 Å². The van der Waals surface area contributed by atoms with Crippen LogP contribution in [0.4, 0.5) is 4.39 Å². The van der Waals surface area contributed by atoms with Crippen LogP contribution in [0.5, 0.6) is 11.5 Å². The molecule has 1 amide bonds. The van der Waals surface area contributed by atoms with Crippen LogP contribution < -0.4 is 9.47 Å². The van der Waals surface area contributed by atoms with Gasteiger partial charge < -0.3 is 24.0 Å². The number of Topliss-reactive ketones (excluding diaryl/α,β-unsaturated/α-hetero) is 1. The number of carbonyl (C=O) groups excluding carboxylic acids is 2. The molecule has 2 aromatic carbocycles. The van der Waals surface area contributed by atoms with Crippen molar-refractivity contribution < 1.29 is 28.6 Å². The Morgan fingerprint density at radius 1 is 1.09 bits per heavy atom. The third kappa shape index (κ3) is 4.36. The second kappa shape index (κ2) is 9.78. The molecule has 4 rings (SSSR count). The Labute approximate surface area is 195 Å². The molecule has 1 aromatic heterocycles. The number of halogens is 1. The zero-order valence-electron chi connectivity index (χ0n) is 18.8. The normalized spacial score (nSPS) is 17.3. The summed E-state index contributed by atoms with van der Waals surface area (Å²) in [7, 11) is 2.99. The van der Waals surface area contributed by atoms with E-state index in [1.54, 1.807) is 30.7 Å². The van der Waals surface area contributed by atoms with Gasteiger partial charge in [0.25, 0.3) is 11.7 Å². The number of ketones is 1. The van der Waals surface area contributed by atoms with E-state index < -0.39 is 23.5 Å². The molecule has 1 aliphatic heterocycles. The van der Waals surface area contributed by atoms with E-state index in [9.17, 15) is 19.1 Å². The number of hydrogen-bond donors (Lipinski definition) is 1. The highest BCUT2D eigenvalue weighted by atomic mass is 19.1. The number of amides is 1. The number of aromatic nitrogens is 2. The molecule has 3 aromatic rings. The van der Waals surface area contributed by atoms with Crippen LogP contribution in [-0.4, -0.2) is 52.0 Å². The van der Waals surface area contributed by atoms with Crippen LogP contribution in [0.25, 0.3) is 5.76 Å². The fourth-order valence-electron chi connectivity index (χ4n) is 4.09. The lowest BCUT2D eigenvalue weighted by Crippen LogP contribution is -2.31. The van der Waals surface area contributed by atoms with E-state index in [0.29, 0.717) is 30.0 Å². The maximum Gasteiger partial charge on any atom is 0.295 e. The van der Waals surface area contributed by atoms with Crippen LogP contribution in [0.3, 0.4) is 0 Å². The van der Waals surface area contributed by atoms with Crippen LogP contribution in [0.1, 0.15) is 23.6 Å². The van der Waals surface area contributed by atoms with Crippen molar-refractivity contribution in [3.05, 3.63) is 83.7 Å². The zero-order valence-corrected chi connectivity index (χ0v) is 18.8. The molecule has 1 saturated heterocycles. The highest BCUT2D eigenvalue weighted by Crippen LogP contribution is 2.43. The van der Waals surface area contributed by atoms with Crippen molar-refractivity contribution in [3.63, 3.8) is 0 Å². The van der Waals surface area contributed by atoms with Crippen LogP contribution in [0.15, 0.2) is 66.8 Å². The van der Waals surface area contributed by atoms with E-state index in [1.807, 2.05) is 10.8 Å². The minimum absolute atomic E-state index is 0.0919. The van der Waals surface area contributed by atoms with Gasteiger partial charge in [-0.2, -0.15) is 0 Å². The molecule has 2 heterocycles. The summed E-state index contributed by atoms with van der Waals surface area (Å²) >= 11 is 0. The molecule has 0 aliphatic carbocycles. The molecule has 34 heavy (non-hydrogen) atoms. The van der Waals surface area contributed by atoms with Crippen LogP contribution >= 0.6 is 0 Å². The number of aliphatic hydroxyl groups excluding tert-OH is 1. The highest BCUT2D eigenvalue weighted by molar-refractivity contribution is 6.46. The molecule has 1 atom stereocenters. The Kier molecular flexibility index (Phi) is 6.62. The largest absolute Gasteiger partial charge is 0.507 e. The lowest BCUT2D eigenvalue weighted by molar-refractivity contribution is -0.140. The quantitative estimate of drug-likeness (QED) is 0.311. The van der Waals surface area contributed by atoms with Crippen LogP contribution in [-0.2, 0) is 16.1 Å². The first-order valence-corrected chi connectivity index (χ1v) is 10.7. The Balaban J connectivity index is 1.81. The number of rotatable bonds is 8. The molecule has 1 fully saturated rings. The summed E-state index contributed by atoms with van der Waals surface area (Å²) in [6.45, 7) is 0.830. The number of aliphatic hydroxyl groups is 1. The molecule has 1 aliphatic rings. The zero-order chi connectivity index (χ0) is 24.2. The van der Waals surface area contributed by atoms with Crippen molar-refractivity contribution in [1.29, 1.82) is 0 Å². The van der Waals surface area contributed by atoms with Crippen molar-refractivity contribution in [1.82, 2.24) is 14.5 Å². The number of methoxy groups -OCH3 is 2. The molecular formula is C25H24FN3O5. The number of imidazole rings is 1. The van der Waals surface area contributed by atoms with Gasteiger partial charge in [-0.05, 0) is 48.9 Å². The first-order valence-electron chi connectivity index (χ1n) is 10.7. The molecule has 1 N–H and O–H groups in total. The molecule has 0 radical (unpaired) electrons. The Morgan fingerprint density at radius 3 is 2.50 bits per heavy atom. The average molecular weight is 465 g/mol. The number of aryl methyl sites for hydroxylation is 1. The van der Waals surface area contributed by atoms with E-state index in [2.05, 4.69) is 4.98 Å². The highest BCUT2D eigenvalue weighted by Gasteiger charge is 2.47. The standard InChI is InChI=1S/C25H24FN3O5/c1-33-18-8-9-20(34-2)19(14-18)22-21(23(30)16-4-6-17(26)7-5-16)24(31)25(32)29(22)12-3-11-28-13-10-27-15-28/h4-10,13-15,22,30H,3,11-12H2,1-2H3/b23-21+/t22-/m1/s1. The van der Waals surface area contributed by atoms with E-state index in [0.717, 1.165) is 0 Å². The summed E-state index contributed by atoms with van der Waals surface area (Å²) in [6.07, 6.45) is 5.69. The van der Waals surface area contributed by atoms with Gasteiger partial charge in [-0.25, -0.2) is 9.37 Å². The van der Waals surface area contributed by atoms with Gasteiger partial charge in [0.1, 0.15) is 23.1 Å². The number of nitrogens with zero attached hydrogens (tertiary/aromatic N) is 3. The van der Waals surface area contributed by atoms with E-state index in [1.165, 1.54) is 43.4 Å². The number of benzene rings is 2. The fraction of sp³-hybridized carbons (Fsp3) is 0.240. The number of carbonyl (C=O) groups is 2. The van der Waals surface area contributed by atoms with Gasteiger partial charge in [-0.3, -0.25) is 9.59 Å². The minimum Gasteiger partial charge on any atom is -0.507 e. The number of hydrogen-bond acceptors (Lipinski definition) is 6. The summed E-state index contributed by atoms with van der Waals surface area (Å²) in [5.74, 6) is -1.49. The predicted molar refractivity (Wildman–Crippen MR) is 122 cm³/mol. The second-order valence-electron chi connectivity index (χ2n) is 7.76. The van der Waals surface area contributed by atoms with Gasteiger partial charge >= 0.3 is 0 Å². The lowest BCUT2D eigenvalue weighted by atomic mass is 9.94. The molecular weight excluding hydrogens is 441 g/mol. The third-order valence-electron chi connectivity index (χ3n) is 5.76. The summed E-state index contributed by atoms with van der Waals surface area (Å²) < 4.78 is 26.2. The average Bonchev–Trinajstić information content (AvgIpc) is 3.46. The molecule has 9 heteroatoms. The third-order valence-corrected chi connectivity index (χ3v) is 5.76. The first-order chi connectivity index (χ1) is 16.4. The van der Waals surface area contributed by atoms with Gasteiger partial charge in [-0.1, -0.05) is 0 Å². The summed E-state index contributed by atoms with van der Waals surface area (Å²) in [5.41, 5.74) is 0.628. The van der Waals surface area contributed by atoms with Crippen molar-refractivity contribution in [3.8, 4) is 11.5 Å². The van der Waals surface area contributed by atoms with Gasteiger partial charge in [0.05, 0.1) is 32.2 Å². The van der Waals surface area contributed by atoms with Crippen molar-refractivity contribution in [2.24, 2.45) is 0 Å². The van der Waals surface area contributed by atoms with E-state index in [-0.39, 0.29) is 23.4 Å². The molecule has 0 saturated carbocycles. The van der Waals surface area contributed by atoms with Crippen molar-refractivity contribution in [2.45, 2.75) is 19.0 Å². The first kappa shape index (κ1) is 23.0. The SMILES string of the molecule is COc1ccc(OC)c([C@@H]2/C(=C(\O)c3ccc(F)cc3)C(=O)C(=O)N2CCCn2ccnc2)c1. The maximum absolute atomic E-state index is 13.4. The molecule has 0 spiro atoms. The van der Waals surface area contributed by atoms with Gasteiger partial charge in [0.2, 0.25) is 0 Å². The molecule has 176 valence electrons. The van der Waals surface area contributed by atoms with Crippen LogP contribution in [0.2, 0.25) is 0 Å². The Morgan fingerprint density at radius 2 is 1.85 bits per heavy atom. The van der Waals surface area contributed by atoms with Crippen molar-refractivity contribution in [2.75, 3.05) is 20.8 Å². The summed E-state index contributed by atoms with van der Waals surface area (Å²) in [5, 5.41) is 11.1. The maximum atomic E-state index is 13.4.